The van der Waals surface area contributed by atoms with Crippen LogP contribution in [-0.4, -0.2) is 48.7 Å². The molecular formula is C25H18ClF2N5O5. The van der Waals surface area contributed by atoms with E-state index in [1.807, 2.05) is 0 Å². The van der Waals surface area contributed by atoms with Crippen LogP contribution in [0.2, 0.25) is 5.02 Å². The molecule has 4 aromatic rings. The molecule has 13 heteroatoms. The van der Waals surface area contributed by atoms with Crippen LogP contribution >= 0.6 is 11.6 Å². The van der Waals surface area contributed by atoms with Crippen molar-refractivity contribution in [1.29, 1.82) is 0 Å². The number of benzene rings is 2. The van der Waals surface area contributed by atoms with E-state index in [0.29, 0.717) is 16.7 Å². The van der Waals surface area contributed by atoms with Gasteiger partial charge < -0.3 is 20.8 Å². The van der Waals surface area contributed by atoms with Crippen molar-refractivity contribution in [3.63, 3.8) is 0 Å². The zero-order valence-corrected chi connectivity index (χ0v) is 20.0. The minimum absolute atomic E-state index is 0.0433. The van der Waals surface area contributed by atoms with Crippen LogP contribution in [0.3, 0.4) is 0 Å². The number of aromatic carboxylic acids is 1. The van der Waals surface area contributed by atoms with Crippen molar-refractivity contribution in [2.45, 2.75) is 25.1 Å². The van der Waals surface area contributed by atoms with Crippen LogP contribution in [0.25, 0.3) is 5.65 Å². The molecule has 10 nitrogen and oxygen atoms in total. The lowest BCUT2D eigenvalue weighted by Gasteiger charge is -2.18. The number of halogens is 3. The average molecular weight is 542 g/mol. The molecule has 0 fully saturated rings. The molecule has 5 rings (SSSR count). The Hall–Kier alpha value is -4.42. The number of aromatic nitrogens is 3. The number of carbonyl (C=O) groups is 3. The van der Waals surface area contributed by atoms with Crippen LogP contribution in [0.5, 0.6) is 0 Å². The Morgan fingerprint density at radius 2 is 1.87 bits per heavy atom. The number of carboxylic acid groups (broad SMARTS) is 1. The van der Waals surface area contributed by atoms with Gasteiger partial charge in [0.05, 0.1) is 28.9 Å². The van der Waals surface area contributed by atoms with Gasteiger partial charge in [0.25, 0.3) is 11.8 Å². The van der Waals surface area contributed by atoms with Crippen LogP contribution in [-0.2, 0) is 13.0 Å². The SMILES string of the molecule is O=C(O)c1ccc2c(c1)C[C@H](O)[C@@H]2NC(=O)c1cc(C(=O)NCc2ccc(F)c(Cl)c2)nc2c(F)cnn12. The third kappa shape index (κ3) is 4.66. The molecule has 2 amide bonds. The third-order valence-corrected chi connectivity index (χ3v) is 6.45. The number of fused-ring (bicyclic) bond motifs is 2. The predicted octanol–water partition coefficient (Wildman–Crippen LogP) is 2.68. The van der Waals surface area contributed by atoms with Crippen molar-refractivity contribution >= 4 is 35.0 Å². The molecule has 0 aliphatic heterocycles. The van der Waals surface area contributed by atoms with E-state index in [9.17, 15) is 33.4 Å². The molecule has 1 aliphatic carbocycles. The maximum absolute atomic E-state index is 14.4. The number of carbonyl (C=O) groups excluding carboxylic acids is 2. The first kappa shape index (κ1) is 25.2. The van der Waals surface area contributed by atoms with E-state index in [1.54, 1.807) is 0 Å². The van der Waals surface area contributed by atoms with Gasteiger partial charge in [-0.1, -0.05) is 23.7 Å². The first-order valence-electron chi connectivity index (χ1n) is 11.2. The van der Waals surface area contributed by atoms with Gasteiger partial charge in [-0.25, -0.2) is 23.1 Å². The number of hydrogen-bond donors (Lipinski definition) is 4. The summed E-state index contributed by atoms with van der Waals surface area (Å²) < 4.78 is 28.7. The van der Waals surface area contributed by atoms with E-state index < -0.39 is 41.6 Å². The van der Waals surface area contributed by atoms with Crippen molar-refractivity contribution < 1.29 is 33.4 Å². The number of amides is 2. The summed E-state index contributed by atoms with van der Waals surface area (Å²) in [6.07, 6.45) is -0.0889. The smallest absolute Gasteiger partial charge is 0.335 e. The lowest BCUT2D eigenvalue weighted by atomic mass is 10.0. The summed E-state index contributed by atoms with van der Waals surface area (Å²) in [6.45, 7) is -0.0433. The molecule has 4 N–H and O–H groups in total. The predicted molar refractivity (Wildman–Crippen MR) is 129 cm³/mol. The van der Waals surface area contributed by atoms with Crippen molar-refractivity contribution in [3.8, 4) is 0 Å². The summed E-state index contributed by atoms with van der Waals surface area (Å²) >= 11 is 5.77. The minimum atomic E-state index is -1.12. The molecule has 2 aromatic carbocycles. The quantitative estimate of drug-likeness (QED) is 0.293. The highest BCUT2D eigenvalue weighted by Gasteiger charge is 2.34. The van der Waals surface area contributed by atoms with Gasteiger partial charge >= 0.3 is 5.97 Å². The zero-order valence-electron chi connectivity index (χ0n) is 19.3. The second-order valence-electron chi connectivity index (χ2n) is 8.63. The zero-order chi connectivity index (χ0) is 27.1. The van der Waals surface area contributed by atoms with Gasteiger partial charge in [0.2, 0.25) is 0 Å². The van der Waals surface area contributed by atoms with Crippen LogP contribution in [0.15, 0.2) is 48.7 Å². The van der Waals surface area contributed by atoms with E-state index in [4.69, 9.17) is 11.6 Å². The van der Waals surface area contributed by atoms with Crippen molar-refractivity contribution in [3.05, 3.63) is 99.0 Å². The summed E-state index contributed by atoms with van der Waals surface area (Å²) in [7, 11) is 0. The highest BCUT2D eigenvalue weighted by atomic mass is 35.5. The highest BCUT2D eigenvalue weighted by molar-refractivity contribution is 6.30. The van der Waals surface area contributed by atoms with Gasteiger partial charge in [0, 0.05) is 19.0 Å². The molecule has 0 unspecified atom stereocenters. The Bertz CT molecular complexity index is 1630. The Morgan fingerprint density at radius 3 is 2.61 bits per heavy atom. The monoisotopic (exact) mass is 541 g/mol. The van der Waals surface area contributed by atoms with Gasteiger partial charge in [-0.3, -0.25) is 9.59 Å². The molecule has 0 radical (unpaired) electrons. The van der Waals surface area contributed by atoms with E-state index in [0.717, 1.165) is 22.8 Å². The van der Waals surface area contributed by atoms with Gasteiger partial charge in [-0.05, 0) is 41.0 Å². The number of nitrogens with one attached hydrogen (secondary N) is 2. The average Bonchev–Trinajstić information content (AvgIpc) is 3.42. The molecular weight excluding hydrogens is 524 g/mol. The second kappa shape index (κ2) is 9.80. The fraction of sp³-hybridized carbons (Fsp3) is 0.160. The Labute approximate surface area is 217 Å². The van der Waals surface area contributed by atoms with Crippen molar-refractivity contribution in [2.75, 3.05) is 0 Å². The highest BCUT2D eigenvalue weighted by Crippen LogP contribution is 2.32. The molecule has 0 bridgehead atoms. The standard InChI is InChI=1S/C25H18ClF2N5O5/c26-15-5-11(1-4-16(15)27)9-29-23(35)18-8-19(33-22(31-18)17(28)10-30-33)24(36)32-21-14-3-2-12(25(37)38)6-13(14)7-20(21)34/h1-6,8,10,20-21,34H,7,9H2,(H,29,35)(H,32,36)(H,37,38)/t20-,21+/m0/s1. The van der Waals surface area contributed by atoms with Crippen LogP contribution < -0.4 is 10.6 Å². The summed E-state index contributed by atoms with van der Waals surface area (Å²) in [4.78, 5) is 41.3. The van der Waals surface area contributed by atoms with E-state index >= 15 is 0 Å². The second-order valence-corrected chi connectivity index (χ2v) is 9.03. The molecule has 2 heterocycles. The summed E-state index contributed by atoms with van der Waals surface area (Å²) in [5.74, 6) is -4.12. The van der Waals surface area contributed by atoms with E-state index in [2.05, 4.69) is 20.7 Å². The first-order chi connectivity index (χ1) is 18.1. The summed E-state index contributed by atoms with van der Waals surface area (Å²) in [5, 5.41) is 28.7. The maximum atomic E-state index is 14.4. The molecule has 0 spiro atoms. The molecule has 1 aliphatic rings. The molecule has 0 saturated heterocycles. The van der Waals surface area contributed by atoms with Crippen molar-refractivity contribution in [2.24, 2.45) is 0 Å². The lowest BCUT2D eigenvalue weighted by Crippen LogP contribution is -2.35. The van der Waals surface area contributed by atoms with E-state index in [1.165, 1.54) is 30.3 Å². The Kier molecular flexibility index (Phi) is 6.51. The minimum Gasteiger partial charge on any atom is -0.478 e. The van der Waals surface area contributed by atoms with Gasteiger partial charge in [-0.15, -0.1) is 0 Å². The normalized spacial score (nSPS) is 16.3. The number of aliphatic hydroxyl groups excluding tert-OH is 1. The number of rotatable bonds is 6. The lowest BCUT2D eigenvalue weighted by molar-refractivity contribution is 0.0696. The fourth-order valence-corrected chi connectivity index (χ4v) is 4.50. The number of aliphatic hydroxyl groups is 1. The molecule has 2 aromatic heterocycles. The van der Waals surface area contributed by atoms with Gasteiger partial charge in [0.15, 0.2) is 11.5 Å². The Balaban J connectivity index is 1.41. The largest absolute Gasteiger partial charge is 0.478 e. The number of carboxylic acids is 1. The molecule has 38 heavy (non-hydrogen) atoms. The van der Waals surface area contributed by atoms with Gasteiger partial charge in [-0.2, -0.15) is 5.10 Å². The molecule has 0 saturated carbocycles. The number of nitrogens with zero attached hydrogens (tertiary/aromatic N) is 3. The van der Waals surface area contributed by atoms with Crippen LogP contribution in [0, 0.1) is 11.6 Å². The van der Waals surface area contributed by atoms with Crippen LogP contribution in [0.1, 0.15) is 54.1 Å². The number of hydrogen-bond acceptors (Lipinski definition) is 6. The fourth-order valence-electron chi connectivity index (χ4n) is 4.30. The maximum Gasteiger partial charge on any atom is 0.335 e. The van der Waals surface area contributed by atoms with Crippen LogP contribution in [0.4, 0.5) is 8.78 Å². The first-order valence-corrected chi connectivity index (χ1v) is 11.6. The third-order valence-electron chi connectivity index (χ3n) is 6.16. The topological polar surface area (TPSA) is 146 Å². The summed E-state index contributed by atoms with van der Waals surface area (Å²) in [6, 6.07) is 8.46. The van der Waals surface area contributed by atoms with Crippen molar-refractivity contribution in [1.82, 2.24) is 25.2 Å². The molecule has 2 atom stereocenters. The van der Waals surface area contributed by atoms with Gasteiger partial charge in [0.1, 0.15) is 17.2 Å². The Morgan fingerprint density at radius 1 is 1.08 bits per heavy atom. The van der Waals surface area contributed by atoms with E-state index in [-0.39, 0.29) is 40.6 Å². The molecule has 194 valence electrons. The summed E-state index contributed by atoms with van der Waals surface area (Å²) in [5.41, 5.74) is 0.762.